The molecule has 0 unspecified atom stereocenters. The van der Waals surface area contributed by atoms with E-state index in [4.69, 9.17) is 0 Å². The van der Waals surface area contributed by atoms with Gasteiger partial charge in [-0.25, -0.2) is 9.97 Å². The summed E-state index contributed by atoms with van der Waals surface area (Å²) >= 11 is 0. The number of rotatable bonds is 2. The lowest BCUT2D eigenvalue weighted by atomic mass is 10.1. The van der Waals surface area contributed by atoms with Gasteiger partial charge in [0.2, 0.25) is 5.95 Å². The first-order chi connectivity index (χ1) is 7.88. The number of nitrogens with one attached hydrogen (secondary N) is 1. The predicted molar refractivity (Wildman–Crippen MR) is 65.6 cm³/mol. The number of anilines is 1. The van der Waals surface area contributed by atoms with Crippen LogP contribution < -0.4 is 10.2 Å². The van der Waals surface area contributed by atoms with Crippen molar-refractivity contribution in [2.75, 3.05) is 24.5 Å². The second kappa shape index (κ2) is 4.01. The van der Waals surface area contributed by atoms with Crippen LogP contribution in [0.1, 0.15) is 20.5 Å². The number of hydrogen-bond acceptors (Lipinski definition) is 4. The van der Waals surface area contributed by atoms with Gasteiger partial charge in [0.25, 0.3) is 0 Å². The number of fused-ring (bicyclic) bond motifs is 1. The van der Waals surface area contributed by atoms with Gasteiger partial charge in [-0.3, -0.25) is 0 Å². The summed E-state index contributed by atoms with van der Waals surface area (Å²) in [6.45, 7) is 5.50. The van der Waals surface area contributed by atoms with Gasteiger partial charge in [0.05, 0.1) is 0 Å². The molecule has 3 heterocycles. The molecule has 2 fully saturated rings. The first kappa shape index (κ1) is 10.0. The molecule has 0 bridgehead atoms. The molecule has 2 aliphatic rings. The average molecular weight is 220 g/mol. The van der Waals surface area contributed by atoms with Crippen LogP contribution in [0, 0.1) is 5.92 Å². The van der Waals surface area contributed by atoms with Gasteiger partial charge in [-0.15, -0.1) is 0 Å². The highest BCUT2D eigenvalue weighted by atomic mass is 15.3. The van der Waals surface area contributed by atoms with Crippen LogP contribution in [-0.4, -0.2) is 35.6 Å². The van der Waals surface area contributed by atoms with E-state index in [0.29, 0.717) is 6.04 Å². The molecule has 0 saturated carbocycles. The molecule has 0 spiro atoms. The van der Waals surface area contributed by atoms with Crippen LogP contribution in [0.15, 0.2) is 12.3 Å². The molecule has 16 heavy (non-hydrogen) atoms. The summed E-state index contributed by atoms with van der Waals surface area (Å²) < 4.78 is 0. The third-order valence-corrected chi connectivity index (χ3v) is 3.76. The molecule has 1 aromatic heterocycles. The number of hydrogen-bond donors (Lipinski definition) is 1. The zero-order chi connectivity index (χ0) is 11.0. The van der Waals surface area contributed by atoms with Gasteiger partial charge in [-0.1, -0.05) is 6.92 Å². The zero-order valence-corrected chi connectivity index (χ0v) is 9.69. The van der Waals surface area contributed by atoms with Crippen molar-refractivity contribution in [2.24, 2.45) is 5.92 Å². The van der Waals surface area contributed by atoms with Gasteiger partial charge in [0.1, 0.15) is 0 Å². The lowest BCUT2D eigenvalue weighted by Crippen LogP contribution is -2.35. The number of aromatic nitrogens is 2. The largest absolute Gasteiger partial charge is 0.336 e. The van der Waals surface area contributed by atoms with Crippen molar-refractivity contribution < 1.29 is 1.43 Å². The first-order valence-electron chi connectivity index (χ1n) is 6.17. The maximum Gasteiger partial charge on any atom is 0.225 e. The van der Waals surface area contributed by atoms with Crippen LogP contribution in [0.4, 0.5) is 5.95 Å². The molecule has 4 nitrogen and oxygen atoms in total. The van der Waals surface area contributed by atoms with E-state index in [1.165, 1.54) is 6.42 Å². The van der Waals surface area contributed by atoms with E-state index in [0.717, 1.165) is 43.6 Å². The van der Waals surface area contributed by atoms with Crippen molar-refractivity contribution in [3.63, 3.8) is 0 Å². The van der Waals surface area contributed by atoms with E-state index in [-0.39, 0.29) is 1.43 Å². The molecular weight excluding hydrogens is 200 g/mol. The normalized spacial score (nSPS) is 28.4. The maximum absolute atomic E-state index is 4.62. The Hall–Kier alpha value is -1.16. The average Bonchev–Trinajstić information content (AvgIpc) is 2.90. The third-order valence-electron chi connectivity index (χ3n) is 3.76. The minimum atomic E-state index is 0. The minimum absolute atomic E-state index is 0. The Bertz CT molecular complexity index is 385. The number of nitrogens with zero attached hydrogens (tertiary/aromatic N) is 3. The quantitative estimate of drug-likeness (QED) is 0.810. The van der Waals surface area contributed by atoms with Crippen LogP contribution >= 0.6 is 0 Å². The van der Waals surface area contributed by atoms with Crippen molar-refractivity contribution in [3.05, 3.63) is 18.0 Å². The summed E-state index contributed by atoms with van der Waals surface area (Å²) in [6, 6.07) is 2.62. The second-order valence-electron chi connectivity index (χ2n) is 4.67. The van der Waals surface area contributed by atoms with E-state index in [9.17, 15) is 0 Å². The fourth-order valence-electron chi connectivity index (χ4n) is 2.82. The van der Waals surface area contributed by atoms with Crippen molar-refractivity contribution in [1.82, 2.24) is 15.3 Å². The molecule has 0 amide bonds. The van der Waals surface area contributed by atoms with Gasteiger partial charge in [-0.2, -0.15) is 0 Å². The predicted octanol–water partition coefficient (Wildman–Crippen LogP) is 1.08. The molecule has 2 aliphatic heterocycles. The fourth-order valence-corrected chi connectivity index (χ4v) is 2.82. The summed E-state index contributed by atoms with van der Waals surface area (Å²) in [5.74, 6) is 1.73. The van der Waals surface area contributed by atoms with E-state index in [1.54, 1.807) is 0 Å². The van der Waals surface area contributed by atoms with Crippen LogP contribution in [0.25, 0.3) is 0 Å². The Morgan fingerprint density at radius 1 is 1.56 bits per heavy atom. The lowest BCUT2D eigenvalue weighted by molar-refractivity contribution is 0.575. The van der Waals surface area contributed by atoms with Gasteiger partial charge in [-0.05, 0) is 24.8 Å². The summed E-state index contributed by atoms with van der Waals surface area (Å²) in [5.41, 5.74) is 1.14. The molecular formula is C12H20N4. The molecule has 88 valence electrons. The molecule has 0 aromatic carbocycles. The van der Waals surface area contributed by atoms with Crippen LogP contribution in [0.5, 0.6) is 0 Å². The Kier molecular flexibility index (Phi) is 2.52. The monoisotopic (exact) mass is 220 g/mol. The SMILES string of the molecule is CCc1ccnc(N2CC[C@@H]3CNC[C@H]32)n1.[HH]. The molecule has 2 saturated heterocycles. The van der Waals surface area contributed by atoms with Crippen molar-refractivity contribution >= 4 is 5.95 Å². The second-order valence-corrected chi connectivity index (χ2v) is 4.67. The third kappa shape index (κ3) is 1.57. The Morgan fingerprint density at radius 2 is 2.50 bits per heavy atom. The Labute approximate surface area is 97.6 Å². The first-order valence-corrected chi connectivity index (χ1v) is 6.17. The molecule has 1 N–H and O–H groups in total. The van der Waals surface area contributed by atoms with E-state index < -0.39 is 0 Å². The minimum Gasteiger partial charge on any atom is -0.336 e. The van der Waals surface area contributed by atoms with Crippen LogP contribution in [-0.2, 0) is 6.42 Å². The number of aryl methyl sites for hydroxylation is 1. The van der Waals surface area contributed by atoms with Crippen molar-refractivity contribution in [3.8, 4) is 0 Å². The van der Waals surface area contributed by atoms with Gasteiger partial charge in [0, 0.05) is 39.0 Å². The van der Waals surface area contributed by atoms with Gasteiger partial charge < -0.3 is 10.2 Å². The maximum atomic E-state index is 4.62. The highest BCUT2D eigenvalue weighted by Crippen LogP contribution is 2.29. The van der Waals surface area contributed by atoms with Gasteiger partial charge in [0.15, 0.2) is 0 Å². The van der Waals surface area contributed by atoms with E-state index >= 15 is 0 Å². The zero-order valence-electron chi connectivity index (χ0n) is 9.69. The molecule has 1 aromatic rings. The molecule has 4 heteroatoms. The van der Waals surface area contributed by atoms with Crippen molar-refractivity contribution in [1.29, 1.82) is 0 Å². The molecule has 2 atom stereocenters. The smallest absolute Gasteiger partial charge is 0.225 e. The molecule has 0 aliphatic carbocycles. The summed E-state index contributed by atoms with van der Waals surface area (Å²) in [5, 5.41) is 3.46. The highest BCUT2D eigenvalue weighted by Gasteiger charge is 2.38. The van der Waals surface area contributed by atoms with E-state index in [2.05, 4.69) is 27.1 Å². The van der Waals surface area contributed by atoms with Crippen LogP contribution in [0.3, 0.4) is 0 Å². The topological polar surface area (TPSA) is 41.1 Å². The van der Waals surface area contributed by atoms with Gasteiger partial charge >= 0.3 is 0 Å². The summed E-state index contributed by atoms with van der Waals surface area (Å²) in [4.78, 5) is 11.4. The lowest BCUT2D eigenvalue weighted by Gasteiger charge is -2.23. The summed E-state index contributed by atoms with van der Waals surface area (Å²) in [7, 11) is 0. The molecule has 3 rings (SSSR count). The fraction of sp³-hybridized carbons (Fsp3) is 0.667. The Balaban J connectivity index is 0.00000108. The highest BCUT2D eigenvalue weighted by molar-refractivity contribution is 5.35. The van der Waals surface area contributed by atoms with Crippen molar-refractivity contribution in [2.45, 2.75) is 25.8 Å². The summed E-state index contributed by atoms with van der Waals surface area (Å²) in [6.07, 6.45) is 4.14. The van der Waals surface area contributed by atoms with E-state index in [1.807, 2.05) is 12.3 Å². The van der Waals surface area contributed by atoms with Crippen LogP contribution in [0.2, 0.25) is 0 Å². The standard InChI is InChI=1S/C12H18N4.H2/c1-2-10-3-5-14-12(15-10)16-6-4-9-7-13-8-11(9)16;/h3,5,9,11,13H,2,4,6-8H2,1H3;1H/t9-,11-;/m1./s1. The molecule has 0 radical (unpaired) electrons. The Morgan fingerprint density at radius 3 is 3.38 bits per heavy atom.